The fourth-order valence-electron chi connectivity index (χ4n) is 3.08. The van der Waals surface area contributed by atoms with Crippen LogP contribution in [-0.2, 0) is 28.7 Å². The summed E-state index contributed by atoms with van der Waals surface area (Å²) in [5.74, 6) is -2.70. The van der Waals surface area contributed by atoms with Gasteiger partial charge in [-0.1, -0.05) is 13.5 Å². The first-order valence-corrected chi connectivity index (χ1v) is 8.42. The SMILES string of the molecule is C=CC(=O)COC(=O)C(C)(CC)CC(C)(CC(C)(C)C(=O)O)C(=O)OC. The Morgan fingerprint density at radius 1 is 1.00 bits per heavy atom. The number of carbonyl (C=O) groups excluding carboxylic acids is 3. The maximum Gasteiger partial charge on any atom is 0.312 e. The topological polar surface area (TPSA) is 107 Å². The lowest BCUT2D eigenvalue weighted by molar-refractivity contribution is -0.166. The van der Waals surface area contributed by atoms with Gasteiger partial charge in [0.1, 0.15) is 0 Å². The highest BCUT2D eigenvalue weighted by molar-refractivity contribution is 5.92. The van der Waals surface area contributed by atoms with Gasteiger partial charge in [0.05, 0.1) is 23.4 Å². The predicted octanol–water partition coefficient (Wildman–Crippen LogP) is 2.77. The van der Waals surface area contributed by atoms with Crippen LogP contribution in [0.2, 0.25) is 0 Å². The summed E-state index contributed by atoms with van der Waals surface area (Å²) >= 11 is 0. The maximum absolute atomic E-state index is 12.5. The number of rotatable bonds is 11. The van der Waals surface area contributed by atoms with E-state index in [9.17, 15) is 24.3 Å². The molecule has 0 aromatic carbocycles. The minimum atomic E-state index is -1.22. The molecule has 0 amide bonds. The van der Waals surface area contributed by atoms with Crippen LogP contribution >= 0.6 is 0 Å². The summed E-state index contributed by atoms with van der Waals surface area (Å²) in [6, 6.07) is 0. The molecule has 148 valence electrons. The first-order chi connectivity index (χ1) is 11.8. The van der Waals surface area contributed by atoms with Crippen LogP contribution in [0.15, 0.2) is 12.7 Å². The number of hydrogen-bond acceptors (Lipinski definition) is 6. The summed E-state index contributed by atoms with van der Waals surface area (Å²) in [4.78, 5) is 47.8. The molecule has 0 saturated heterocycles. The molecule has 0 saturated carbocycles. The monoisotopic (exact) mass is 370 g/mol. The van der Waals surface area contributed by atoms with E-state index in [0.29, 0.717) is 6.42 Å². The summed E-state index contributed by atoms with van der Waals surface area (Å²) in [7, 11) is 1.22. The molecular weight excluding hydrogens is 340 g/mol. The minimum Gasteiger partial charge on any atom is -0.481 e. The molecule has 0 aliphatic heterocycles. The predicted molar refractivity (Wildman–Crippen MR) is 95.3 cm³/mol. The fourth-order valence-corrected chi connectivity index (χ4v) is 3.08. The second kappa shape index (κ2) is 8.96. The van der Waals surface area contributed by atoms with Crippen LogP contribution in [0.1, 0.15) is 53.9 Å². The van der Waals surface area contributed by atoms with Gasteiger partial charge in [-0.2, -0.15) is 0 Å². The van der Waals surface area contributed by atoms with Crippen molar-refractivity contribution < 1.29 is 33.8 Å². The Labute approximate surface area is 154 Å². The Balaban J connectivity index is 5.65. The van der Waals surface area contributed by atoms with Gasteiger partial charge in [-0.25, -0.2) is 0 Å². The van der Waals surface area contributed by atoms with Gasteiger partial charge in [0.15, 0.2) is 12.4 Å². The number of methoxy groups -OCH3 is 1. The summed E-state index contributed by atoms with van der Waals surface area (Å²) in [5, 5.41) is 9.41. The molecule has 0 aromatic rings. The number of ketones is 1. The largest absolute Gasteiger partial charge is 0.481 e. The molecule has 0 aliphatic rings. The van der Waals surface area contributed by atoms with Crippen LogP contribution in [-0.4, -0.2) is 42.5 Å². The van der Waals surface area contributed by atoms with Crippen LogP contribution in [0.3, 0.4) is 0 Å². The highest BCUT2D eigenvalue weighted by Crippen LogP contribution is 2.45. The third-order valence-corrected chi connectivity index (χ3v) is 4.72. The number of carboxylic acids is 1. The summed E-state index contributed by atoms with van der Waals surface area (Å²) in [6.07, 6.45) is 1.41. The highest BCUT2D eigenvalue weighted by atomic mass is 16.5. The Morgan fingerprint density at radius 2 is 1.54 bits per heavy atom. The molecule has 0 radical (unpaired) electrons. The molecule has 0 heterocycles. The molecule has 0 bridgehead atoms. The first-order valence-electron chi connectivity index (χ1n) is 8.42. The van der Waals surface area contributed by atoms with Crippen molar-refractivity contribution in [2.75, 3.05) is 13.7 Å². The average molecular weight is 370 g/mol. The van der Waals surface area contributed by atoms with Gasteiger partial charge < -0.3 is 14.6 Å². The summed E-state index contributed by atoms with van der Waals surface area (Å²) in [5.41, 5.74) is -3.50. The van der Waals surface area contributed by atoms with Crippen LogP contribution < -0.4 is 0 Å². The van der Waals surface area contributed by atoms with E-state index in [0.717, 1.165) is 6.08 Å². The van der Waals surface area contributed by atoms with E-state index in [-0.39, 0.29) is 12.8 Å². The van der Waals surface area contributed by atoms with Crippen LogP contribution in [0, 0.1) is 16.2 Å². The Morgan fingerprint density at radius 3 is 1.92 bits per heavy atom. The Hall–Kier alpha value is -2.18. The lowest BCUT2D eigenvalue weighted by atomic mass is 9.65. The average Bonchev–Trinajstić information content (AvgIpc) is 2.57. The molecule has 0 aromatic heterocycles. The molecule has 0 fully saturated rings. The second-order valence-corrected chi connectivity index (χ2v) is 7.76. The molecule has 7 heteroatoms. The summed E-state index contributed by atoms with van der Waals surface area (Å²) < 4.78 is 9.93. The molecule has 2 atom stereocenters. The number of hydrogen-bond donors (Lipinski definition) is 1. The van der Waals surface area contributed by atoms with Crippen molar-refractivity contribution in [1.29, 1.82) is 0 Å². The van der Waals surface area contributed by atoms with E-state index in [1.165, 1.54) is 21.0 Å². The second-order valence-electron chi connectivity index (χ2n) is 7.76. The molecule has 0 rings (SSSR count). The van der Waals surface area contributed by atoms with E-state index >= 15 is 0 Å². The molecule has 1 N–H and O–H groups in total. The van der Waals surface area contributed by atoms with E-state index in [1.54, 1.807) is 20.8 Å². The van der Waals surface area contributed by atoms with Gasteiger partial charge in [-0.05, 0) is 53.0 Å². The van der Waals surface area contributed by atoms with Gasteiger partial charge in [0, 0.05) is 0 Å². The van der Waals surface area contributed by atoms with Gasteiger partial charge in [0.2, 0.25) is 0 Å². The Kier molecular flexibility index (Phi) is 8.21. The highest BCUT2D eigenvalue weighted by Gasteiger charge is 2.49. The third kappa shape index (κ3) is 5.97. The number of aliphatic carboxylic acids is 1. The van der Waals surface area contributed by atoms with Crippen molar-refractivity contribution in [2.45, 2.75) is 53.9 Å². The van der Waals surface area contributed by atoms with Crippen LogP contribution in [0.25, 0.3) is 0 Å². The number of carboxylic acid groups (broad SMARTS) is 1. The van der Waals surface area contributed by atoms with Crippen molar-refractivity contribution in [3.05, 3.63) is 12.7 Å². The molecule has 2 unspecified atom stereocenters. The molecule has 0 aliphatic carbocycles. The lowest BCUT2D eigenvalue weighted by Gasteiger charge is -2.38. The van der Waals surface area contributed by atoms with Crippen molar-refractivity contribution >= 4 is 23.7 Å². The number of carbonyl (C=O) groups is 4. The smallest absolute Gasteiger partial charge is 0.312 e. The first kappa shape index (κ1) is 23.8. The third-order valence-electron chi connectivity index (χ3n) is 4.72. The van der Waals surface area contributed by atoms with Crippen LogP contribution in [0.5, 0.6) is 0 Å². The fraction of sp³-hybridized carbons (Fsp3) is 0.684. The number of ether oxygens (including phenoxy) is 2. The quantitative estimate of drug-likeness (QED) is 0.440. The van der Waals surface area contributed by atoms with Crippen molar-refractivity contribution in [3.8, 4) is 0 Å². The number of esters is 2. The van der Waals surface area contributed by atoms with E-state index < -0.39 is 46.5 Å². The molecular formula is C19H30O7. The zero-order valence-corrected chi connectivity index (χ0v) is 16.5. The lowest BCUT2D eigenvalue weighted by Crippen LogP contribution is -2.44. The van der Waals surface area contributed by atoms with Gasteiger partial charge in [-0.15, -0.1) is 0 Å². The minimum absolute atomic E-state index is 0.0174. The standard InChI is InChI=1S/C19H30O7/c1-8-13(20)10-26-16(24)18(5,9-2)12-19(6,15(23)25-7)11-17(3,4)14(21)22/h8H,1,9-12H2,2-7H3,(H,21,22). The van der Waals surface area contributed by atoms with Gasteiger partial charge in [-0.3, -0.25) is 19.2 Å². The van der Waals surface area contributed by atoms with E-state index in [4.69, 9.17) is 9.47 Å². The van der Waals surface area contributed by atoms with Crippen molar-refractivity contribution in [1.82, 2.24) is 0 Å². The van der Waals surface area contributed by atoms with Gasteiger partial charge in [0.25, 0.3) is 0 Å². The van der Waals surface area contributed by atoms with Crippen LogP contribution in [0.4, 0.5) is 0 Å². The Bertz CT molecular complexity index is 578. The maximum atomic E-state index is 12.5. The zero-order chi connectivity index (χ0) is 20.8. The summed E-state index contributed by atoms with van der Waals surface area (Å²) in [6.45, 7) is 10.9. The molecule has 0 spiro atoms. The van der Waals surface area contributed by atoms with Gasteiger partial charge >= 0.3 is 17.9 Å². The van der Waals surface area contributed by atoms with E-state index in [1.807, 2.05) is 0 Å². The van der Waals surface area contributed by atoms with Crippen molar-refractivity contribution in [2.24, 2.45) is 16.2 Å². The van der Waals surface area contributed by atoms with E-state index in [2.05, 4.69) is 6.58 Å². The molecule has 7 nitrogen and oxygen atoms in total. The zero-order valence-electron chi connectivity index (χ0n) is 16.5. The normalized spacial score (nSPS) is 15.9. The van der Waals surface area contributed by atoms with Crippen molar-refractivity contribution in [3.63, 3.8) is 0 Å². The molecule has 26 heavy (non-hydrogen) atoms.